The summed E-state index contributed by atoms with van der Waals surface area (Å²) in [6, 6.07) is 16.8. The molecule has 0 aliphatic heterocycles. The summed E-state index contributed by atoms with van der Waals surface area (Å²) in [5, 5.41) is 0. The molecule has 0 spiro atoms. The minimum Gasteiger partial charge on any atom is -0.486 e. The van der Waals surface area contributed by atoms with Gasteiger partial charge in [-0.25, -0.2) is 0 Å². The molecule has 1 amide bonds. The summed E-state index contributed by atoms with van der Waals surface area (Å²) in [5.41, 5.74) is 1.65. The molecule has 4 heteroatoms. The van der Waals surface area contributed by atoms with Gasteiger partial charge in [-0.1, -0.05) is 36.4 Å². The van der Waals surface area contributed by atoms with Crippen molar-refractivity contribution in [2.24, 2.45) is 0 Å². The molecule has 0 aromatic heterocycles. The summed E-state index contributed by atoms with van der Waals surface area (Å²) in [5.74, 6) is 0.469. The zero-order valence-corrected chi connectivity index (χ0v) is 12.6. The number of ether oxygens (including phenoxy) is 1. The van der Waals surface area contributed by atoms with Crippen molar-refractivity contribution in [1.29, 1.82) is 0 Å². The van der Waals surface area contributed by atoms with Gasteiger partial charge in [0.05, 0.1) is 0 Å². The Morgan fingerprint density at radius 3 is 2.59 bits per heavy atom. The predicted octanol–water partition coefficient (Wildman–Crippen LogP) is 2.93. The van der Waals surface area contributed by atoms with Crippen molar-refractivity contribution in [3.8, 4) is 5.75 Å². The van der Waals surface area contributed by atoms with Crippen molar-refractivity contribution in [3.63, 3.8) is 0 Å². The maximum atomic E-state index is 12.6. The molecule has 0 fully saturated rings. The van der Waals surface area contributed by atoms with E-state index in [1.54, 1.807) is 29.2 Å². The molecule has 2 rings (SSSR count). The number of carbonyl (C=O) groups is 2. The maximum Gasteiger partial charge on any atom is 0.254 e. The first-order valence-corrected chi connectivity index (χ1v) is 7.24. The number of amides is 1. The lowest BCUT2D eigenvalue weighted by Gasteiger charge is -2.21. The standard InChI is InChI=1S/C18H19NO3/c1-2-19(14-15-7-4-3-5-8-15)18(21)16-9-6-10-17(13-16)22-12-11-20/h3-11,13H,2,12,14H2,1H3. The largest absolute Gasteiger partial charge is 0.486 e. The highest BCUT2D eigenvalue weighted by Crippen LogP contribution is 2.16. The molecule has 4 nitrogen and oxygen atoms in total. The molecule has 2 aromatic carbocycles. The second-order valence-corrected chi connectivity index (χ2v) is 4.81. The van der Waals surface area contributed by atoms with Crippen LogP contribution in [0.5, 0.6) is 5.75 Å². The van der Waals surface area contributed by atoms with Crippen molar-refractivity contribution >= 4 is 12.2 Å². The van der Waals surface area contributed by atoms with Crippen LogP contribution >= 0.6 is 0 Å². The maximum absolute atomic E-state index is 12.6. The van der Waals surface area contributed by atoms with Gasteiger partial charge < -0.3 is 9.64 Å². The zero-order chi connectivity index (χ0) is 15.8. The monoisotopic (exact) mass is 297 g/mol. The smallest absolute Gasteiger partial charge is 0.254 e. The third-order valence-corrected chi connectivity index (χ3v) is 3.28. The SMILES string of the molecule is CCN(Cc1ccccc1)C(=O)c1cccc(OCC=O)c1. The summed E-state index contributed by atoms with van der Waals surface area (Å²) in [6.45, 7) is 3.12. The molecule has 0 saturated carbocycles. The van der Waals surface area contributed by atoms with Crippen LogP contribution < -0.4 is 4.74 Å². The van der Waals surface area contributed by atoms with Gasteiger partial charge in [0.25, 0.3) is 5.91 Å². The lowest BCUT2D eigenvalue weighted by atomic mass is 10.1. The van der Waals surface area contributed by atoms with Crippen molar-refractivity contribution < 1.29 is 14.3 Å². The summed E-state index contributed by atoms with van der Waals surface area (Å²) in [6.07, 6.45) is 0.683. The molecule has 0 heterocycles. The number of aldehydes is 1. The van der Waals surface area contributed by atoms with Crippen LogP contribution in [0.15, 0.2) is 54.6 Å². The molecule has 0 unspecified atom stereocenters. The van der Waals surface area contributed by atoms with Crippen molar-refractivity contribution in [2.75, 3.05) is 13.2 Å². The van der Waals surface area contributed by atoms with Gasteiger partial charge in [0.15, 0.2) is 6.29 Å². The van der Waals surface area contributed by atoms with Crippen LogP contribution in [0.25, 0.3) is 0 Å². The number of hydrogen-bond donors (Lipinski definition) is 0. The second kappa shape index (κ2) is 7.98. The van der Waals surface area contributed by atoms with Gasteiger partial charge in [-0.2, -0.15) is 0 Å². The van der Waals surface area contributed by atoms with Crippen molar-refractivity contribution in [3.05, 3.63) is 65.7 Å². The molecule has 0 saturated heterocycles. The Morgan fingerprint density at radius 2 is 1.91 bits per heavy atom. The van der Waals surface area contributed by atoms with Crippen LogP contribution in [0.3, 0.4) is 0 Å². The second-order valence-electron chi connectivity index (χ2n) is 4.81. The fourth-order valence-corrected chi connectivity index (χ4v) is 2.16. The summed E-state index contributed by atoms with van der Waals surface area (Å²) in [4.78, 5) is 24.7. The van der Waals surface area contributed by atoms with Crippen LogP contribution in [0.2, 0.25) is 0 Å². The number of nitrogens with zero attached hydrogens (tertiary/aromatic N) is 1. The molecule has 0 bridgehead atoms. The Kier molecular flexibility index (Phi) is 5.72. The third-order valence-electron chi connectivity index (χ3n) is 3.28. The minimum absolute atomic E-state index is 0.0147. The van der Waals surface area contributed by atoms with E-state index in [9.17, 15) is 9.59 Å². The molecule has 0 aliphatic carbocycles. The Bertz CT molecular complexity index is 625. The van der Waals surface area contributed by atoms with E-state index in [-0.39, 0.29) is 12.5 Å². The molecular weight excluding hydrogens is 278 g/mol. The van der Waals surface area contributed by atoms with Gasteiger partial charge in [-0.15, -0.1) is 0 Å². The lowest BCUT2D eigenvalue weighted by molar-refractivity contribution is -0.109. The van der Waals surface area contributed by atoms with Gasteiger partial charge in [0.1, 0.15) is 12.4 Å². The van der Waals surface area contributed by atoms with E-state index in [1.165, 1.54) is 0 Å². The van der Waals surface area contributed by atoms with Crippen LogP contribution in [-0.2, 0) is 11.3 Å². The quantitative estimate of drug-likeness (QED) is 0.738. The average molecular weight is 297 g/mol. The third kappa shape index (κ3) is 4.19. The zero-order valence-electron chi connectivity index (χ0n) is 12.6. The van der Waals surface area contributed by atoms with E-state index in [2.05, 4.69) is 0 Å². The highest BCUT2D eigenvalue weighted by molar-refractivity contribution is 5.94. The van der Waals surface area contributed by atoms with Gasteiger partial charge in [0.2, 0.25) is 0 Å². The Balaban J connectivity index is 2.12. The Hall–Kier alpha value is -2.62. The molecule has 0 radical (unpaired) electrons. The Labute approximate surface area is 130 Å². The predicted molar refractivity (Wildman–Crippen MR) is 84.9 cm³/mol. The van der Waals surface area contributed by atoms with Gasteiger partial charge in [-0.05, 0) is 30.7 Å². The molecular formula is C18H19NO3. The topological polar surface area (TPSA) is 46.6 Å². The van der Waals surface area contributed by atoms with Crippen molar-refractivity contribution in [2.45, 2.75) is 13.5 Å². The van der Waals surface area contributed by atoms with E-state index in [1.807, 2.05) is 37.3 Å². The summed E-state index contributed by atoms with van der Waals surface area (Å²) < 4.78 is 5.24. The Morgan fingerprint density at radius 1 is 1.14 bits per heavy atom. The first-order valence-electron chi connectivity index (χ1n) is 7.24. The molecule has 0 N–H and O–H groups in total. The first kappa shape index (κ1) is 15.8. The van der Waals surface area contributed by atoms with Crippen LogP contribution in [0, 0.1) is 0 Å². The van der Waals surface area contributed by atoms with Crippen LogP contribution in [0.1, 0.15) is 22.8 Å². The van der Waals surface area contributed by atoms with E-state index < -0.39 is 0 Å². The number of benzene rings is 2. The fraction of sp³-hybridized carbons (Fsp3) is 0.222. The van der Waals surface area contributed by atoms with E-state index >= 15 is 0 Å². The molecule has 2 aromatic rings. The van der Waals surface area contributed by atoms with Gasteiger partial charge >= 0.3 is 0 Å². The molecule has 114 valence electrons. The van der Waals surface area contributed by atoms with Gasteiger partial charge in [0, 0.05) is 18.7 Å². The van der Waals surface area contributed by atoms with Crippen LogP contribution in [0.4, 0.5) is 0 Å². The number of rotatable bonds is 7. The summed E-state index contributed by atoms with van der Waals surface area (Å²) >= 11 is 0. The molecule has 0 atom stereocenters. The van der Waals surface area contributed by atoms with E-state index in [0.29, 0.717) is 30.7 Å². The highest BCUT2D eigenvalue weighted by atomic mass is 16.5. The van der Waals surface area contributed by atoms with Crippen LogP contribution in [-0.4, -0.2) is 30.2 Å². The normalized spacial score (nSPS) is 10.0. The number of carbonyl (C=O) groups excluding carboxylic acids is 2. The van der Waals surface area contributed by atoms with E-state index in [4.69, 9.17) is 4.74 Å². The minimum atomic E-state index is -0.0529. The average Bonchev–Trinajstić information content (AvgIpc) is 2.58. The molecule has 22 heavy (non-hydrogen) atoms. The first-order chi connectivity index (χ1) is 10.7. The fourth-order valence-electron chi connectivity index (χ4n) is 2.16. The lowest BCUT2D eigenvalue weighted by Crippen LogP contribution is -2.30. The molecule has 0 aliphatic rings. The summed E-state index contributed by atoms with van der Waals surface area (Å²) in [7, 11) is 0. The van der Waals surface area contributed by atoms with E-state index in [0.717, 1.165) is 5.56 Å². The van der Waals surface area contributed by atoms with Crippen molar-refractivity contribution in [1.82, 2.24) is 4.90 Å². The van der Waals surface area contributed by atoms with Gasteiger partial charge in [-0.3, -0.25) is 9.59 Å². The highest BCUT2D eigenvalue weighted by Gasteiger charge is 2.15. The number of hydrogen-bond acceptors (Lipinski definition) is 3.